The molecule has 2 aliphatic heterocycles. The Morgan fingerprint density at radius 2 is 1.65 bits per heavy atom. The molecule has 0 N–H and O–H groups in total. The van der Waals surface area contributed by atoms with E-state index in [0.717, 1.165) is 12.1 Å². The number of rotatable bonds is 4. The molecule has 0 unspecified atom stereocenters. The van der Waals surface area contributed by atoms with Crippen LogP contribution in [-0.4, -0.2) is 45.1 Å². The number of ether oxygens (including phenoxy) is 1. The molecule has 0 radical (unpaired) electrons. The molecule has 5 rings (SSSR count). The van der Waals surface area contributed by atoms with Crippen molar-refractivity contribution >= 4 is 15.7 Å². The van der Waals surface area contributed by atoms with E-state index in [9.17, 15) is 8.42 Å². The van der Waals surface area contributed by atoms with Gasteiger partial charge in [0.15, 0.2) is 0 Å². The quantitative estimate of drug-likeness (QED) is 0.621. The number of sulfonamides is 1. The fourth-order valence-corrected chi connectivity index (χ4v) is 5.93. The van der Waals surface area contributed by atoms with Crippen molar-refractivity contribution in [3.8, 4) is 11.1 Å². The molecule has 0 aliphatic carbocycles. The van der Waals surface area contributed by atoms with Gasteiger partial charge in [-0.15, -0.1) is 0 Å². The minimum atomic E-state index is -3.53. The van der Waals surface area contributed by atoms with Crippen LogP contribution in [0.1, 0.15) is 11.1 Å². The van der Waals surface area contributed by atoms with Crippen molar-refractivity contribution in [2.45, 2.75) is 24.5 Å². The van der Waals surface area contributed by atoms with Gasteiger partial charge in [-0.1, -0.05) is 60.2 Å². The molecule has 3 aromatic carbocycles. The third kappa shape index (κ3) is 3.87. The number of benzene rings is 3. The standard InChI is InChI=1S/C25H26N2O3S/c1-19-10-12-22(13-11-19)31(28,29)27-14-15-30-21(18-27)17-26-16-20-6-2-3-7-23(20)24-8-4-5-9-25(24)26/h2-13,21H,14-18H2,1H3/t21-/m1/s1. The van der Waals surface area contributed by atoms with Gasteiger partial charge in [0.1, 0.15) is 0 Å². The highest BCUT2D eigenvalue weighted by Crippen LogP contribution is 2.39. The lowest BCUT2D eigenvalue weighted by Gasteiger charge is -2.38. The number of fused-ring (bicyclic) bond motifs is 3. The summed E-state index contributed by atoms with van der Waals surface area (Å²) in [5.74, 6) is 0. The molecule has 0 bridgehead atoms. The Kier molecular flexibility index (Phi) is 5.30. The van der Waals surface area contributed by atoms with Crippen molar-refractivity contribution in [2.24, 2.45) is 0 Å². The fourth-order valence-electron chi connectivity index (χ4n) is 4.48. The third-order valence-corrected chi connectivity index (χ3v) is 7.98. The maximum atomic E-state index is 13.2. The zero-order valence-electron chi connectivity index (χ0n) is 17.6. The highest BCUT2D eigenvalue weighted by Gasteiger charge is 2.33. The van der Waals surface area contributed by atoms with Crippen molar-refractivity contribution in [3.63, 3.8) is 0 Å². The van der Waals surface area contributed by atoms with Crippen LogP contribution in [0.25, 0.3) is 11.1 Å². The minimum Gasteiger partial charge on any atom is -0.374 e. The Labute approximate surface area is 183 Å². The van der Waals surface area contributed by atoms with Crippen LogP contribution >= 0.6 is 0 Å². The highest BCUT2D eigenvalue weighted by molar-refractivity contribution is 7.89. The van der Waals surface area contributed by atoms with Gasteiger partial charge in [-0.25, -0.2) is 8.42 Å². The van der Waals surface area contributed by atoms with E-state index in [-0.39, 0.29) is 6.10 Å². The number of morpholine rings is 1. The lowest BCUT2D eigenvalue weighted by Crippen LogP contribution is -2.49. The number of para-hydroxylation sites is 1. The number of nitrogens with zero attached hydrogens (tertiary/aromatic N) is 2. The molecular formula is C25H26N2O3S. The molecule has 0 spiro atoms. The average Bonchev–Trinajstić information content (AvgIpc) is 2.80. The molecule has 5 nitrogen and oxygen atoms in total. The molecule has 1 atom stereocenters. The molecule has 2 aliphatic rings. The summed E-state index contributed by atoms with van der Waals surface area (Å²) in [6.07, 6.45) is -0.188. The van der Waals surface area contributed by atoms with Gasteiger partial charge in [0.25, 0.3) is 0 Å². The van der Waals surface area contributed by atoms with Crippen LogP contribution in [0.5, 0.6) is 0 Å². The second-order valence-corrected chi connectivity index (χ2v) is 10.2. The summed E-state index contributed by atoms with van der Waals surface area (Å²) in [6.45, 7) is 4.53. The van der Waals surface area contributed by atoms with E-state index in [2.05, 4.69) is 53.4 Å². The molecule has 31 heavy (non-hydrogen) atoms. The fraction of sp³-hybridized carbons (Fsp3) is 0.280. The number of hydrogen-bond acceptors (Lipinski definition) is 4. The van der Waals surface area contributed by atoms with Gasteiger partial charge in [0.05, 0.1) is 17.6 Å². The van der Waals surface area contributed by atoms with E-state index in [4.69, 9.17) is 4.74 Å². The smallest absolute Gasteiger partial charge is 0.243 e. The predicted molar refractivity (Wildman–Crippen MR) is 123 cm³/mol. The van der Waals surface area contributed by atoms with Gasteiger partial charge >= 0.3 is 0 Å². The zero-order valence-corrected chi connectivity index (χ0v) is 18.4. The SMILES string of the molecule is Cc1ccc(S(=O)(=O)N2CCO[C@H](CN3Cc4ccccc4-c4ccccc43)C2)cc1. The van der Waals surface area contributed by atoms with Gasteiger partial charge in [-0.05, 0) is 36.2 Å². The van der Waals surface area contributed by atoms with E-state index in [1.165, 1.54) is 22.4 Å². The van der Waals surface area contributed by atoms with E-state index in [0.29, 0.717) is 31.1 Å². The Hall–Kier alpha value is -2.67. The van der Waals surface area contributed by atoms with Gasteiger partial charge in [-0.2, -0.15) is 4.31 Å². The van der Waals surface area contributed by atoms with Gasteiger partial charge in [-0.3, -0.25) is 0 Å². The number of hydrogen-bond donors (Lipinski definition) is 0. The van der Waals surface area contributed by atoms with Gasteiger partial charge in [0.2, 0.25) is 10.0 Å². The average molecular weight is 435 g/mol. The molecular weight excluding hydrogens is 408 g/mol. The summed E-state index contributed by atoms with van der Waals surface area (Å²) in [6, 6.07) is 23.9. The molecule has 3 aromatic rings. The van der Waals surface area contributed by atoms with Gasteiger partial charge < -0.3 is 9.64 Å². The van der Waals surface area contributed by atoms with Crippen molar-refractivity contribution in [2.75, 3.05) is 31.1 Å². The summed E-state index contributed by atoms with van der Waals surface area (Å²) < 4.78 is 33.9. The van der Waals surface area contributed by atoms with Crippen molar-refractivity contribution in [3.05, 3.63) is 83.9 Å². The van der Waals surface area contributed by atoms with Crippen LogP contribution < -0.4 is 4.90 Å². The van der Waals surface area contributed by atoms with Crippen LogP contribution in [-0.2, 0) is 21.3 Å². The molecule has 2 heterocycles. The normalized spacial score (nSPS) is 19.0. The largest absolute Gasteiger partial charge is 0.374 e. The van der Waals surface area contributed by atoms with Crippen molar-refractivity contribution in [1.29, 1.82) is 0 Å². The van der Waals surface area contributed by atoms with Gasteiger partial charge in [0, 0.05) is 37.4 Å². The first-order valence-electron chi connectivity index (χ1n) is 10.6. The molecule has 0 aromatic heterocycles. The van der Waals surface area contributed by atoms with E-state index < -0.39 is 10.0 Å². The van der Waals surface area contributed by atoms with Crippen LogP contribution in [0.15, 0.2) is 77.7 Å². The maximum Gasteiger partial charge on any atom is 0.243 e. The zero-order chi connectivity index (χ0) is 21.4. The molecule has 0 saturated carbocycles. The number of aryl methyl sites for hydroxylation is 1. The predicted octanol–water partition coefficient (Wildman–Crippen LogP) is 4.07. The molecule has 160 valence electrons. The summed E-state index contributed by atoms with van der Waals surface area (Å²) in [5, 5.41) is 0. The van der Waals surface area contributed by atoms with Crippen LogP contribution in [0, 0.1) is 6.92 Å². The molecule has 6 heteroatoms. The second-order valence-electron chi connectivity index (χ2n) is 8.22. The van der Waals surface area contributed by atoms with Crippen LogP contribution in [0.4, 0.5) is 5.69 Å². The third-order valence-electron chi connectivity index (χ3n) is 6.10. The van der Waals surface area contributed by atoms with E-state index >= 15 is 0 Å². The van der Waals surface area contributed by atoms with Crippen LogP contribution in [0.2, 0.25) is 0 Å². The van der Waals surface area contributed by atoms with E-state index in [1.54, 1.807) is 16.4 Å². The molecule has 1 saturated heterocycles. The topological polar surface area (TPSA) is 49.9 Å². The lowest BCUT2D eigenvalue weighted by molar-refractivity contribution is 0.00327. The first kappa shape index (κ1) is 20.2. The molecule has 0 amide bonds. The Bertz CT molecular complexity index is 1190. The Balaban J connectivity index is 1.37. The first-order valence-corrected chi connectivity index (χ1v) is 12.1. The summed E-state index contributed by atoms with van der Waals surface area (Å²) in [5.41, 5.74) is 5.97. The summed E-state index contributed by atoms with van der Waals surface area (Å²) in [4.78, 5) is 2.65. The van der Waals surface area contributed by atoms with Crippen LogP contribution in [0.3, 0.4) is 0 Å². The minimum absolute atomic E-state index is 0.188. The summed E-state index contributed by atoms with van der Waals surface area (Å²) >= 11 is 0. The Morgan fingerprint density at radius 1 is 0.935 bits per heavy atom. The molecule has 1 fully saturated rings. The van der Waals surface area contributed by atoms with E-state index in [1.807, 2.05) is 19.1 Å². The second kappa shape index (κ2) is 8.11. The van der Waals surface area contributed by atoms with Crippen molar-refractivity contribution < 1.29 is 13.2 Å². The number of anilines is 1. The van der Waals surface area contributed by atoms with Crippen molar-refractivity contribution in [1.82, 2.24) is 4.31 Å². The lowest BCUT2D eigenvalue weighted by atomic mass is 9.93. The Morgan fingerprint density at radius 3 is 2.45 bits per heavy atom. The maximum absolute atomic E-state index is 13.2. The highest BCUT2D eigenvalue weighted by atomic mass is 32.2. The first-order chi connectivity index (χ1) is 15.0. The monoisotopic (exact) mass is 434 g/mol. The summed E-state index contributed by atoms with van der Waals surface area (Å²) in [7, 11) is -3.53.